The topological polar surface area (TPSA) is 54.1 Å². The van der Waals surface area contributed by atoms with E-state index >= 15 is 0 Å². The average Bonchev–Trinajstić information content (AvgIpc) is 2.95. The zero-order chi connectivity index (χ0) is 15.5. The first kappa shape index (κ1) is 14.2. The van der Waals surface area contributed by atoms with E-state index < -0.39 is 0 Å². The van der Waals surface area contributed by atoms with Gasteiger partial charge in [-0.15, -0.1) is 0 Å². The Balaban J connectivity index is 1.77. The molecule has 0 saturated carbocycles. The normalized spacial score (nSPS) is 10.6. The smallest absolute Gasteiger partial charge is 0.253 e. The number of fused-ring (bicyclic) bond motifs is 1. The number of H-pyrrole nitrogens is 1. The van der Waals surface area contributed by atoms with Crippen molar-refractivity contribution in [2.24, 2.45) is 0 Å². The largest absolute Gasteiger partial charge is 0.497 e. The number of methoxy groups -OCH3 is 1. The number of aromatic nitrogens is 1. The highest BCUT2D eigenvalue weighted by atomic mass is 16.5. The Hall–Kier alpha value is -2.75. The molecule has 0 unspecified atom stereocenters. The predicted molar refractivity (Wildman–Crippen MR) is 87.2 cm³/mol. The van der Waals surface area contributed by atoms with E-state index in [-0.39, 0.29) is 5.91 Å². The number of aromatic amines is 1. The van der Waals surface area contributed by atoms with Crippen molar-refractivity contribution < 1.29 is 9.53 Å². The predicted octanol–water partition coefficient (Wildman–Crippen LogP) is 3.41. The molecule has 1 amide bonds. The van der Waals surface area contributed by atoms with Crippen molar-refractivity contribution in [2.75, 3.05) is 7.11 Å². The molecule has 4 nitrogen and oxygen atoms in total. The van der Waals surface area contributed by atoms with Crippen LogP contribution in [0, 0.1) is 6.92 Å². The minimum absolute atomic E-state index is 0.0853. The minimum atomic E-state index is -0.0853. The van der Waals surface area contributed by atoms with Gasteiger partial charge in [0.1, 0.15) is 5.75 Å². The molecule has 0 aliphatic rings. The van der Waals surface area contributed by atoms with Crippen molar-refractivity contribution >= 4 is 16.8 Å². The zero-order valence-electron chi connectivity index (χ0n) is 12.6. The van der Waals surface area contributed by atoms with Gasteiger partial charge in [0.25, 0.3) is 5.91 Å². The molecule has 1 aromatic heterocycles. The molecule has 112 valence electrons. The van der Waals surface area contributed by atoms with Gasteiger partial charge in [-0.2, -0.15) is 0 Å². The number of aryl methyl sites for hydroxylation is 1. The van der Waals surface area contributed by atoms with Gasteiger partial charge >= 0.3 is 0 Å². The van der Waals surface area contributed by atoms with Gasteiger partial charge in [-0.3, -0.25) is 4.79 Å². The van der Waals surface area contributed by atoms with Gasteiger partial charge in [0.2, 0.25) is 0 Å². The molecule has 0 spiro atoms. The van der Waals surface area contributed by atoms with E-state index in [9.17, 15) is 4.79 Å². The van der Waals surface area contributed by atoms with E-state index in [2.05, 4.69) is 16.4 Å². The second kappa shape index (κ2) is 5.93. The van der Waals surface area contributed by atoms with Crippen molar-refractivity contribution in [3.05, 3.63) is 65.4 Å². The summed E-state index contributed by atoms with van der Waals surface area (Å²) in [6, 6.07) is 13.7. The van der Waals surface area contributed by atoms with Crippen LogP contribution >= 0.6 is 0 Å². The van der Waals surface area contributed by atoms with Crippen LogP contribution < -0.4 is 10.1 Å². The van der Waals surface area contributed by atoms with Gasteiger partial charge in [0.05, 0.1) is 12.7 Å². The monoisotopic (exact) mass is 294 g/mol. The number of hydrogen-bond acceptors (Lipinski definition) is 2. The molecule has 0 saturated heterocycles. The molecule has 2 N–H and O–H groups in total. The van der Waals surface area contributed by atoms with Gasteiger partial charge < -0.3 is 15.0 Å². The van der Waals surface area contributed by atoms with Gasteiger partial charge in [-0.25, -0.2) is 0 Å². The summed E-state index contributed by atoms with van der Waals surface area (Å²) in [6.07, 6.45) is 1.73. The fraction of sp³-hybridized carbons (Fsp3) is 0.167. The second-order valence-corrected chi connectivity index (χ2v) is 5.29. The summed E-state index contributed by atoms with van der Waals surface area (Å²) in [7, 11) is 1.62. The molecule has 4 heteroatoms. The maximum atomic E-state index is 12.4. The Labute approximate surface area is 129 Å². The van der Waals surface area contributed by atoms with Crippen molar-refractivity contribution in [1.29, 1.82) is 0 Å². The van der Waals surface area contributed by atoms with Gasteiger partial charge in [0, 0.05) is 29.7 Å². The standard InChI is InChI=1S/C18H18N2O2/c1-12-4-3-5-13(8-12)10-20-18(21)16-11-19-17-9-14(22-2)6-7-15(16)17/h3-9,11,19H,10H2,1-2H3,(H,20,21). The maximum absolute atomic E-state index is 12.4. The van der Waals surface area contributed by atoms with Crippen LogP contribution in [0.25, 0.3) is 10.9 Å². The molecule has 0 atom stereocenters. The number of hydrogen-bond donors (Lipinski definition) is 2. The summed E-state index contributed by atoms with van der Waals surface area (Å²) in [5.41, 5.74) is 3.81. The van der Waals surface area contributed by atoms with Crippen LogP contribution in [0.3, 0.4) is 0 Å². The number of carbonyl (C=O) groups excluding carboxylic acids is 1. The van der Waals surface area contributed by atoms with Crippen LogP contribution in [0.15, 0.2) is 48.7 Å². The number of carbonyl (C=O) groups is 1. The fourth-order valence-corrected chi connectivity index (χ4v) is 2.52. The Morgan fingerprint density at radius 3 is 2.86 bits per heavy atom. The van der Waals surface area contributed by atoms with E-state index in [4.69, 9.17) is 4.74 Å². The number of ether oxygens (including phenoxy) is 1. The van der Waals surface area contributed by atoms with E-state index in [1.54, 1.807) is 13.3 Å². The maximum Gasteiger partial charge on any atom is 0.253 e. The molecule has 0 aliphatic heterocycles. The summed E-state index contributed by atoms with van der Waals surface area (Å²) in [6.45, 7) is 2.56. The summed E-state index contributed by atoms with van der Waals surface area (Å²) >= 11 is 0. The van der Waals surface area contributed by atoms with Crippen LogP contribution in [-0.4, -0.2) is 18.0 Å². The van der Waals surface area contributed by atoms with Crippen molar-refractivity contribution in [1.82, 2.24) is 10.3 Å². The lowest BCUT2D eigenvalue weighted by Crippen LogP contribution is -2.22. The van der Waals surface area contributed by atoms with Gasteiger partial charge in [-0.1, -0.05) is 29.8 Å². The molecule has 3 aromatic rings. The lowest BCUT2D eigenvalue weighted by Gasteiger charge is -2.06. The van der Waals surface area contributed by atoms with Crippen molar-refractivity contribution in [3.63, 3.8) is 0 Å². The van der Waals surface area contributed by atoms with E-state index in [0.29, 0.717) is 12.1 Å². The molecule has 0 fully saturated rings. The number of rotatable bonds is 4. The van der Waals surface area contributed by atoms with E-state index in [1.165, 1.54) is 5.56 Å². The average molecular weight is 294 g/mol. The molecular weight excluding hydrogens is 276 g/mol. The first-order valence-corrected chi connectivity index (χ1v) is 7.16. The number of benzene rings is 2. The van der Waals surface area contributed by atoms with Gasteiger partial charge in [0.15, 0.2) is 0 Å². The molecule has 0 radical (unpaired) electrons. The van der Waals surface area contributed by atoms with E-state index in [1.807, 2.05) is 43.3 Å². The van der Waals surface area contributed by atoms with Crippen LogP contribution in [0.2, 0.25) is 0 Å². The third kappa shape index (κ3) is 2.81. The Bertz CT molecular complexity index is 821. The van der Waals surface area contributed by atoms with Crippen LogP contribution in [0.1, 0.15) is 21.5 Å². The summed E-state index contributed by atoms with van der Waals surface area (Å²) in [5, 5.41) is 3.85. The van der Waals surface area contributed by atoms with Crippen LogP contribution in [0.5, 0.6) is 5.75 Å². The zero-order valence-corrected chi connectivity index (χ0v) is 12.6. The van der Waals surface area contributed by atoms with Crippen LogP contribution in [0.4, 0.5) is 0 Å². The highest BCUT2D eigenvalue weighted by Gasteiger charge is 2.12. The molecule has 22 heavy (non-hydrogen) atoms. The van der Waals surface area contributed by atoms with Crippen LogP contribution in [-0.2, 0) is 6.54 Å². The molecular formula is C18H18N2O2. The lowest BCUT2D eigenvalue weighted by atomic mass is 10.1. The second-order valence-electron chi connectivity index (χ2n) is 5.29. The molecule has 3 rings (SSSR count). The lowest BCUT2D eigenvalue weighted by molar-refractivity contribution is 0.0952. The molecule has 0 aliphatic carbocycles. The first-order valence-electron chi connectivity index (χ1n) is 7.16. The quantitative estimate of drug-likeness (QED) is 0.774. The Kier molecular flexibility index (Phi) is 3.83. The van der Waals surface area contributed by atoms with E-state index in [0.717, 1.165) is 22.2 Å². The fourth-order valence-electron chi connectivity index (χ4n) is 2.52. The molecule has 0 bridgehead atoms. The summed E-state index contributed by atoms with van der Waals surface area (Å²) in [4.78, 5) is 15.5. The number of nitrogens with one attached hydrogen (secondary N) is 2. The summed E-state index contributed by atoms with van der Waals surface area (Å²) < 4.78 is 5.19. The molecule has 1 heterocycles. The highest BCUT2D eigenvalue weighted by molar-refractivity contribution is 6.06. The molecule has 2 aromatic carbocycles. The third-order valence-electron chi connectivity index (χ3n) is 3.67. The number of amides is 1. The third-order valence-corrected chi connectivity index (χ3v) is 3.67. The van der Waals surface area contributed by atoms with Crippen molar-refractivity contribution in [2.45, 2.75) is 13.5 Å². The first-order chi connectivity index (χ1) is 10.7. The Morgan fingerprint density at radius 1 is 1.23 bits per heavy atom. The highest BCUT2D eigenvalue weighted by Crippen LogP contribution is 2.23. The summed E-state index contributed by atoms with van der Waals surface area (Å²) in [5.74, 6) is 0.680. The SMILES string of the molecule is COc1ccc2c(C(=O)NCc3cccc(C)c3)c[nH]c2c1. The van der Waals surface area contributed by atoms with Crippen molar-refractivity contribution in [3.8, 4) is 5.75 Å². The Morgan fingerprint density at radius 2 is 2.09 bits per heavy atom. The van der Waals surface area contributed by atoms with Gasteiger partial charge in [-0.05, 0) is 24.6 Å². The minimum Gasteiger partial charge on any atom is -0.497 e.